The highest BCUT2D eigenvalue weighted by Gasteiger charge is 2.23. The number of alkyl carbamates (subject to hydrolysis) is 1. The third kappa shape index (κ3) is 5.26. The molecule has 0 aromatic carbocycles. The molecule has 2 amide bonds. The minimum absolute atomic E-state index is 0.0419. The number of piperidine rings is 1. The van der Waals surface area contributed by atoms with Crippen molar-refractivity contribution in [3.63, 3.8) is 0 Å². The molecule has 1 aliphatic heterocycles. The number of amides is 2. The van der Waals surface area contributed by atoms with Crippen molar-refractivity contribution in [2.45, 2.75) is 39.2 Å². The van der Waals surface area contributed by atoms with Gasteiger partial charge in [0.25, 0.3) is 0 Å². The molecule has 0 bridgehead atoms. The van der Waals surface area contributed by atoms with Gasteiger partial charge in [-0.25, -0.2) is 9.78 Å². The summed E-state index contributed by atoms with van der Waals surface area (Å²) in [6.45, 7) is 7.41. The quantitative estimate of drug-likeness (QED) is 0.757. The van der Waals surface area contributed by atoms with Crippen LogP contribution in [0.2, 0.25) is 5.15 Å². The summed E-state index contributed by atoms with van der Waals surface area (Å²) in [5.74, 6) is 0.301. The van der Waals surface area contributed by atoms with E-state index >= 15 is 0 Å². The van der Waals surface area contributed by atoms with E-state index in [0.717, 1.165) is 17.8 Å². The molecule has 0 aliphatic carbocycles. The molecular weight excluding hydrogens is 400 g/mol. The molecule has 0 atom stereocenters. The van der Waals surface area contributed by atoms with Crippen molar-refractivity contribution in [3.05, 3.63) is 28.5 Å². The number of imidazole rings is 1. The van der Waals surface area contributed by atoms with E-state index < -0.39 is 11.7 Å². The Balaban J connectivity index is 1.47. The summed E-state index contributed by atoms with van der Waals surface area (Å²) in [5, 5.41) is 5.13. The maximum atomic E-state index is 12.5. The van der Waals surface area contributed by atoms with Crippen LogP contribution in [0.15, 0.2) is 17.7 Å². The highest BCUT2D eigenvalue weighted by atomic mass is 35.5. The van der Waals surface area contributed by atoms with Crippen molar-refractivity contribution in [1.29, 1.82) is 0 Å². The van der Waals surface area contributed by atoms with Crippen LogP contribution in [0.25, 0.3) is 11.0 Å². The number of carbonyl (C=O) groups excluding carboxylic acids is 2. The number of nitrogens with zero attached hydrogens (tertiary/aromatic N) is 3. The highest BCUT2D eigenvalue weighted by molar-refractivity contribution is 7.15. The van der Waals surface area contributed by atoms with Gasteiger partial charge in [-0.2, -0.15) is 0 Å². The van der Waals surface area contributed by atoms with E-state index in [4.69, 9.17) is 16.3 Å². The SMILES string of the molecule is CC(C)(C)OC(=O)NCC1CCN(C(=O)/C=C/c2c(Cl)nc3sccn23)CC1. The first kappa shape index (κ1) is 20.7. The summed E-state index contributed by atoms with van der Waals surface area (Å²) in [6.07, 6.45) is 6.44. The third-order valence-electron chi connectivity index (χ3n) is 4.50. The summed E-state index contributed by atoms with van der Waals surface area (Å²) in [4.78, 5) is 31.1. The first-order chi connectivity index (χ1) is 13.2. The van der Waals surface area contributed by atoms with Gasteiger partial charge in [-0.1, -0.05) is 11.6 Å². The molecule has 0 radical (unpaired) electrons. The smallest absolute Gasteiger partial charge is 0.407 e. The van der Waals surface area contributed by atoms with Crippen molar-refractivity contribution < 1.29 is 14.3 Å². The third-order valence-corrected chi connectivity index (χ3v) is 5.53. The summed E-state index contributed by atoms with van der Waals surface area (Å²) in [7, 11) is 0. The summed E-state index contributed by atoms with van der Waals surface area (Å²) in [5.41, 5.74) is 0.210. The number of hydrogen-bond acceptors (Lipinski definition) is 5. The monoisotopic (exact) mass is 424 g/mol. The molecule has 0 saturated carbocycles. The van der Waals surface area contributed by atoms with E-state index in [2.05, 4.69) is 10.3 Å². The van der Waals surface area contributed by atoms with E-state index in [9.17, 15) is 9.59 Å². The molecule has 1 aliphatic rings. The van der Waals surface area contributed by atoms with E-state index in [-0.39, 0.29) is 5.91 Å². The Labute approximate surface area is 173 Å². The van der Waals surface area contributed by atoms with Crippen LogP contribution in [0, 0.1) is 5.92 Å². The number of thiazole rings is 1. The first-order valence-electron chi connectivity index (χ1n) is 9.28. The Morgan fingerprint density at radius 3 is 2.79 bits per heavy atom. The van der Waals surface area contributed by atoms with Gasteiger partial charge in [-0.15, -0.1) is 11.3 Å². The van der Waals surface area contributed by atoms with Crippen LogP contribution in [0.3, 0.4) is 0 Å². The predicted octanol–water partition coefficient (Wildman–Crippen LogP) is 3.83. The minimum Gasteiger partial charge on any atom is -0.444 e. The second-order valence-electron chi connectivity index (χ2n) is 7.83. The van der Waals surface area contributed by atoms with E-state index in [0.29, 0.717) is 36.4 Å². The van der Waals surface area contributed by atoms with Gasteiger partial charge < -0.3 is 15.0 Å². The van der Waals surface area contributed by atoms with Crippen LogP contribution in [0.4, 0.5) is 4.79 Å². The lowest BCUT2D eigenvalue weighted by Crippen LogP contribution is -2.41. The van der Waals surface area contributed by atoms with Gasteiger partial charge >= 0.3 is 6.09 Å². The van der Waals surface area contributed by atoms with Crippen molar-refractivity contribution in [3.8, 4) is 0 Å². The number of hydrogen-bond donors (Lipinski definition) is 1. The number of halogens is 1. The van der Waals surface area contributed by atoms with Gasteiger partial charge in [0.05, 0.1) is 5.69 Å². The Hall–Kier alpha value is -2.06. The Morgan fingerprint density at radius 1 is 1.39 bits per heavy atom. The lowest BCUT2D eigenvalue weighted by atomic mass is 9.97. The van der Waals surface area contributed by atoms with Gasteiger partial charge in [0.1, 0.15) is 5.60 Å². The number of ether oxygens (including phenoxy) is 1. The zero-order chi connectivity index (χ0) is 20.3. The number of rotatable bonds is 4. The number of fused-ring (bicyclic) bond motifs is 1. The number of nitrogens with one attached hydrogen (secondary N) is 1. The molecule has 2 aromatic heterocycles. The van der Waals surface area contributed by atoms with Crippen LogP contribution in [-0.4, -0.2) is 51.5 Å². The Kier molecular flexibility index (Phi) is 6.30. The number of likely N-dealkylation sites (tertiary alicyclic amines) is 1. The average molecular weight is 425 g/mol. The van der Waals surface area contributed by atoms with Crippen LogP contribution in [-0.2, 0) is 9.53 Å². The van der Waals surface area contributed by atoms with E-state index in [1.54, 1.807) is 12.2 Å². The molecule has 152 valence electrons. The molecule has 0 unspecified atom stereocenters. The lowest BCUT2D eigenvalue weighted by molar-refractivity contribution is -0.127. The highest BCUT2D eigenvalue weighted by Crippen LogP contribution is 2.23. The van der Waals surface area contributed by atoms with Crippen molar-refractivity contribution in [2.75, 3.05) is 19.6 Å². The van der Waals surface area contributed by atoms with Crippen LogP contribution in [0.5, 0.6) is 0 Å². The summed E-state index contributed by atoms with van der Waals surface area (Å²) >= 11 is 7.65. The van der Waals surface area contributed by atoms with E-state index in [1.165, 1.54) is 11.3 Å². The fourth-order valence-corrected chi connectivity index (χ4v) is 4.09. The van der Waals surface area contributed by atoms with Gasteiger partial charge in [0.15, 0.2) is 10.1 Å². The van der Waals surface area contributed by atoms with Gasteiger partial charge in [0, 0.05) is 37.3 Å². The second-order valence-corrected chi connectivity index (χ2v) is 9.06. The van der Waals surface area contributed by atoms with Gasteiger partial charge in [-0.3, -0.25) is 9.20 Å². The maximum Gasteiger partial charge on any atom is 0.407 e. The van der Waals surface area contributed by atoms with Crippen LogP contribution < -0.4 is 5.32 Å². The predicted molar refractivity (Wildman–Crippen MR) is 111 cm³/mol. The van der Waals surface area contributed by atoms with Crippen molar-refractivity contribution >= 4 is 46.0 Å². The molecule has 7 nitrogen and oxygen atoms in total. The Bertz CT molecular complexity index is 875. The molecule has 0 spiro atoms. The average Bonchev–Trinajstić information content (AvgIpc) is 3.17. The zero-order valence-electron chi connectivity index (χ0n) is 16.3. The number of aromatic nitrogens is 2. The first-order valence-corrected chi connectivity index (χ1v) is 10.5. The maximum absolute atomic E-state index is 12.5. The topological polar surface area (TPSA) is 75.9 Å². The molecule has 28 heavy (non-hydrogen) atoms. The van der Waals surface area contributed by atoms with Crippen LogP contribution >= 0.6 is 22.9 Å². The Morgan fingerprint density at radius 2 is 2.11 bits per heavy atom. The zero-order valence-corrected chi connectivity index (χ0v) is 17.8. The summed E-state index contributed by atoms with van der Waals surface area (Å²) in [6, 6.07) is 0. The van der Waals surface area contributed by atoms with Gasteiger partial charge in [0.2, 0.25) is 5.91 Å². The molecule has 1 fully saturated rings. The normalized spacial score (nSPS) is 16.1. The summed E-state index contributed by atoms with van der Waals surface area (Å²) < 4.78 is 7.12. The van der Waals surface area contributed by atoms with E-state index in [1.807, 2.05) is 41.6 Å². The lowest BCUT2D eigenvalue weighted by Gasteiger charge is -2.31. The molecule has 9 heteroatoms. The molecule has 3 heterocycles. The number of carbonyl (C=O) groups is 2. The molecule has 3 rings (SSSR count). The second kappa shape index (κ2) is 8.53. The molecule has 2 aromatic rings. The standard InChI is InChI=1S/C19H25ClN4O3S/c1-19(2,3)27-18(26)21-12-13-6-8-23(9-7-13)15(25)5-4-14-16(20)22-17-24(14)10-11-28-17/h4-5,10-11,13H,6-9,12H2,1-3H3,(H,21,26)/b5-4+. The fraction of sp³-hybridized carbons (Fsp3) is 0.526. The molecular formula is C19H25ClN4O3S. The van der Waals surface area contributed by atoms with Crippen molar-refractivity contribution in [1.82, 2.24) is 19.6 Å². The van der Waals surface area contributed by atoms with Crippen LogP contribution in [0.1, 0.15) is 39.3 Å². The molecule has 1 N–H and O–H groups in total. The minimum atomic E-state index is -0.501. The largest absolute Gasteiger partial charge is 0.444 e. The molecule has 1 saturated heterocycles. The fourth-order valence-electron chi connectivity index (χ4n) is 3.08. The van der Waals surface area contributed by atoms with Gasteiger partial charge in [-0.05, 0) is 45.6 Å². The van der Waals surface area contributed by atoms with Crippen molar-refractivity contribution in [2.24, 2.45) is 5.92 Å².